The topological polar surface area (TPSA) is 56.1 Å². The van der Waals surface area contributed by atoms with Gasteiger partial charge >= 0.3 is 0 Å². The van der Waals surface area contributed by atoms with Crippen LogP contribution in [-0.2, 0) is 4.79 Å². The lowest BCUT2D eigenvalue weighted by molar-refractivity contribution is -0.119. The maximum atomic E-state index is 12.1. The van der Waals surface area contributed by atoms with Crippen LogP contribution >= 0.6 is 0 Å². The number of amides is 1. The second-order valence-corrected chi connectivity index (χ2v) is 4.68. The first kappa shape index (κ1) is 12.6. The molecule has 1 amide bonds. The minimum absolute atomic E-state index is 0.110. The summed E-state index contributed by atoms with van der Waals surface area (Å²) in [7, 11) is 1.77. The van der Waals surface area contributed by atoms with E-state index in [-0.39, 0.29) is 5.91 Å². The van der Waals surface area contributed by atoms with E-state index in [1.165, 1.54) is 0 Å². The fraction of sp³-hybridized carbons (Fsp3) is 0.429. The molecule has 1 aliphatic rings. The Morgan fingerprint density at radius 1 is 1.61 bits per heavy atom. The number of carbonyl (C=O) groups is 1. The number of nitrogens with zero attached hydrogens (tertiary/aromatic N) is 2. The van der Waals surface area contributed by atoms with Crippen molar-refractivity contribution in [2.75, 3.05) is 25.0 Å². The molecule has 4 heteroatoms. The molecule has 18 heavy (non-hydrogen) atoms. The van der Waals surface area contributed by atoms with Crippen LogP contribution < -0.4 is 10.2 Å². The molecular weight excluding hydrogens is 226 g/mol. The molecule has 1 atom stereocenters. The van der Waals surface area contributed by atoms with Crippen molar-refractivity contribution in [2.45, 2.75) is 12.8 Å². The first-order valence-electron chi connectivity index (χ1n) is 6.18. The number of hydrogen-bond donors (Lipinski definition) is 1. The van der Waals surface area contributed by atoms with Crippen molar-refractivity contribution in [3.8, 4) is 6.07 Å². The average molecular weight is 243 g/mol. The maximum Gasteiger partial charge on any atom is 0.227 e. The standard InChI is InChI=1S/C14H17N3O/c1-17(13-4-2-3-11(7-13)9-15)14(18)8-12-5-6-16-10-12/h2-4,7,12,16H,5-6,8,10H2,1H3. The van der Waals surface area contributed by atoms with Crippen LogP contribution in [0.25, 0.3) is 0 Å². The van der Waals surface area contributed by atoms with Gasteiger partial charge in [-0.3, -0.25) is 4.79 Å². The Morgan fingerprint density at radius 3 is 3.11 bits per heavy atom. The fourth-order valence-electron chi connectivity index (χ4n) is 2.20. The number of carbonyl (C=O) groups excluding carboxylic acids is 1. The van der Waals surface area contributed by atoms with Crippen molar-refractivity contribution in [1.82, 2.24) is 5.32 Å². The first-order valence-corrected chi connectivity index (χ1v) is 6.18. The molecule has 1 N–H and O–H groups in total. The number of rotatable bonds is 3. The second-order valence-electron chi connectivity index (χ2n) is 4.68. The van der Waals surface area contributed by atoms with Crippen molar-refractivity contribution in [2.24, 2.45) is 5.92 Å². The average Bonchev–Trinajstić information content (AvgIpc) is 2.90. The quantitative estimate of drug-likeness (QED) is 0.875. The van der Waals surface area contributed by atoms with Gasteiger partial charge in [-0.15, -0.1) is 0 Å². The van der Waals surface area contributed by atoms with Crippen molar-refractivity contribution in [3.63, 3.8) is 0 Å². The van der Waals surface area contributed by atoms with Crippen molar-refractivity contribution < 1.29 is 4.79 Å². The Labute approximate surface area is 107 Å². The first-order chi connectivity index (χ1) is 8.70. The fourth-order valence-corrected chi connectivity index (χ4v) is 2.20. The summed E-state index contributed by atoms with van der Waals surface area (Å²) in [5, 5.41) is 12.1. The van der Waals surface area contributed by atoms with Gasteiger partial charge in [0.2, 0.25) is 5.91 Å². The molecule has 2 rings (SSSR count). The SMILES string of the molecule is CN(C(=O)CC1CCNC1)c1cccc(C#N)c1. The monoisotopic (exact) mass is 243 g/mol. The highest BCUT2D eigenvalue weighted by Gasteiger charge is 2.20. The zero-order chi connectivity index (χ0) is 13.0. The molecule has 94 valence electrons. The summed E-state index contributed by atoms with van der Waals surface area (Å²) in [5.41, 5.74) is 1.36. The molecular formula is C14H17N3O. The van der Waals surface area contributed by atoms with Crippen LogP contribution in [0.4, 0.5) is 5.69 Å². The molecule has 1 saturated heterocycles. The highest BCUT2D eigenvalue weighted by molar-refractivity contribution is 5.93. The van der Waals surface area contributed by atoms with Crippen LogP contribution in [0.15, 0.2) is 24.3 Å². The van der Waals surface area contributed by atoms with Gasteiger partial charge in [-0.2, -0.15) is 5.26 Å². The molecule has 1 heterocycles. The molecule has 0 aliphatic carbocycles. The highest BCUT2D eigenvalue weighted by atomic mass is 16.2. The van der Waals surface area contributed by atoms with E-state index >= 15 is 0 Å². The third kappa shape index (κ3) is 2.88. The molecule has 0 bridgehead atoms. The van der Waals surface area contributed by atoms with Crippen molar-refractivity contribution >= 4 is 11.6 Å². The minimum Gasteiger partial charge on any atom is -0.316 e. The smallest absolute Gasteiger partial charge is 0.227 e. The zero-order valence-electron chi connectivity index (χ0n) is 10.5. The van der Waals surface area contributed by atoms with E-state index < -0.39 is 0 Å². The van der Waals surface area contributed by atoms with Crippen LogP contribution in [0.2, 0.25) is 0 Å². The number of anilines is 1. The van der Waals surface area contributed by atoms with Crippen LogP contribution in [0.3, 0.4) is 0 Å². The van der Waals surface area contributed by atoms with Crippen LogP contribution in [0.1, 0.15) is 18.4 Å². The molecule has 1 aromatic rings. The van der Waals surface area contributed by atoms with E-state index in [9.17, 15) is 4.79 Å². The van der Waals surface area contributed by atoms with Gasteiger partial charge in [-0.25, -0.2) is 0 Å². The molecule has 1 aromatic carbocycles. The van der Waals surface area contributed by atoms with Gasteiger partial charge in [0.25, 0.3) is 0 Å². The van der Waals surface area contributed by atoms with Gasteiger partial charge < -0.3 is 10.2 Å². The molecule has 0 spiro atoms. The summed E-state index contributed by atoms with van der Waals surface area (Å²) in [4.78, 5) is 13.8. The molecule has 0 aromatic heterocycles. The van der Waals surface area contributed by atoms with E-state index in [0.29, 0.717) is 17.9 Å². The highest BCUT2D eigenvalue weighted by Crippen LogP contribution is 2.19. The Bertz CT molecular complexity index is 472. The summed E-state index contributed by atoms with van der Waals surface area (Å²) in [6.07, 6.45) is 1.64. The number of nitriles is 1. The van der Waals surface area contributed by atoms with Gasteiger partial charge in [0.1, 0.15) is 0 Å². The summed E-state index contributed by atoms with van der Waals surface area (Å²) in [6.45, 7) is 1.93. The van der Waals surface area contributed by atoms with Gasteiger partial charge in [0, 0.05) is 19.2 Å². The van der Waals surface area contributed by atoms with Gasteiger partial charge in [0.15, 0.2) is 0 Å². The van der Waals surface area contributed by atoms with Crippen molar-refractivity contribution in [1.29, 1.82) is 5.26 Å². The predicted molar refractivity (Wildman–Crippen MR) is 70.2 cm³/mol. The number of nitrogens with one attached hydrogen (secondary N) is 1. The third-order valence-electron chi connectivity index (χ3n) is 3.36. The number of hydrogen-bond acceptors (Lipinski definition) is 3. The molecule has 1 fully saturated rings. The lowest BCUT2D eigenvalue weighted by Crippen LogP contribution is -2.28. The summed E-state index contributed by atoms with van der Waals surface area (Å²) in [5.74, 6) is 0.554. The van der Waals surface area contributed by atoms with Gasteiger partial charge in [0.05, 0.1) is 11.6 Å². The van der Waals surface area contributed by atoms with E-state index in [0.717, 1.165) is 25.2 Å². The molecule has 1 unspecified atom stereocenters. The zero-order valence-corrected chi connectivity index (χ0v) is 10.5. The Kier molecular flexibility index (Phi) is 3.96. The third-order valence-corrected chi connectivity index (χ3v) is 3.36. The number of benzene rings is 1. The van der Waals surface area contributed by atoms with Crippen LogP contribution in [-0.4, -0.2) is 26.0 Å². The van der Waals surface area contributed by atoms with Gasteiger partial charge in [-0.1, -0.05) is 6.07 Å². The largest absolute Gasteiger partial charge is 0.316 e. The van der Waals surface area contributed by atoms with E-state index in [4.69, 9.17) is 5.26 Å². The second kappa shape index (κ2) is 5.65. The predicted octanol–water partition coefficient (Wildman–Crippen LogP) is 1.52. The Hall–Kier alpha value is -1.86. The van der Waals surface area contributed by atoms with E-state index in [2.05, 4.69) is 11.4 Å². The van der Waals surface area contributed by atoms with E-state index in [1.807, 2.05) is 6.07 Å². The van der Waals surface area contributed by atoms with E-state index in [1.54, 1.807) is 30.1 Å². The molecule has 1 aliphatic heterocycles. The lowest BCUT2D eigenvalue weighted by atomic mass is 10.0. The lowest BCUT2D eigenvalue weighted by Gasteiger charge is -2.19. The molecule has 4 nitrogen and oxygen atoms in total. The Morgan fingerprint density at radius 2 is 2.44 bits per heavy atom. The summed E-state index contributed by atoms with van der Waals surface area (Å²) in [6, 6.07) is 9.22. The van der Waals surface area contributed by atoms with Crippen LogP contribution in [0, 0.1) is 17.2 Å². The molecule has 0 saturated carbocycles. The summed E-state index contributed by atoms with van der Waals surface area (Å²) < 4.78 is 0. The van der Waals surface area contributed by atoms with Crippen molar-refractivity contribution in [3.05, 3.63) is 29.8 Å². The minimum atomic E-state index is 0.110. The summed E-state index contributed by atoms with van der Waals surface area (Å²) >= 11 is 0. The van der Waals surface area contributed by atoms with Crippen LogP contribution in [0.5, 0.6) is 0 Å². The van der Waals surface area contributed by atoms with Gasteiger partial charge in [-0.05, 0) is 43.6 Å². The Balaban J connectivity index is 2.03. The maximum absolute atomic E-state index is 12.1. The normalized spacial score (nSPS) is 18.3. The molecule has 0 radical (unpaired) electrons.